The quantitative estimate of drug-likeness (QED) is 0.656. The zero-order chi connectivity index (χ0) is 17.0. The van der Waals surface area contributed by atoms with Crippen LogP contribution in [0.4, 0.5) is 0 Å². The van der Waals surface area contributed by atoms with E-state index in [0.717, 1.165) is 23.6 Å². The average molecular weight is 387 g/mol. The summed E-state index contributed by atoms with van der Waals surface area (Å²) >= 11 is 0. The van der Waals surface area contributed by atoms with Gasteiger partial charge in [0.15, 0.2) is 0 Å². The number of benzene rings is 2. The molecule has 0 aliphatic heterocycles. The van der Waals surface area contributed by atoms with E-state index in [4.69, 9.17) is 0 Å². The molecule has 0 heterocycles. The molecule has 0 aliphatic carbocycles. The van der Waals surface area contributed by atoms with Crippen molar-refractivity contribution < 1.29 is 26.7 Å². The SMILES string of the molecule is CCCc1c(C[Si](CC)(CC)CC)ccc2cc([O-])c([O-])cc12.[Ni+2]. The van der Waals surface area contributed by atoms with Crippen LogP contribution in [0, 0.1) is 0 Å². The fraction of sp³-hybridized carbons (Fsp3) is 0.500. The second-order valence-corrected chi connectivity index (χ2v) is 12.2. The second-order valence-electron chi connectivity index (χ2n) is 6.71. The van der Waals surface area contributed by atoms with Crippen molar-refractivity contribution in [2.45, 2.75) is 64.7 Å². The first-order valence-corrected chi connectivity index (χ1v) is 11.8. The zero-order valence-corrected chi connectivity index (χ0v) is 17.2. The minimum Gasteiger partial charge on any atom is -0.873 e. The molecule has 0 amide bonds. The first-order chi connectivity index (χ1) is 11.0. The van der Waals surface area contributed by atoms with Crippen molar-refractivity contribution in [1.29, 1.82) is 0 Å². The third kappa shape index (κ3) is 4.15. The predicted molar refractivity (Wildman–Crippen MR) is 97.7 cm³/mol. The van der Waals surface area contributed by atoms with Crippen molar-refractivity contribution in [1.82, 2.24) is 0 Å². The fourth-order valence-electron chi connectivity index (χ4n) is 3.68. The Morgan fingerprint density at radius 1 is 0.875 bits per heavy atom. The standard InChI is InChI=1S/C20H30O2Si.Ni/c1-5-9-17-16(14-23(6-2,7-3)8-4)11-10-15-12-19(21)20(22)13-18(15)17;/h10-13,21-22H,5-9,14H2,1-4H3;/q;+2/p-2. The minimum absolute atomic E-state index is 0. The van der Waals surface area contributed by atoms with Crippen LogP contribution in [0.15, 0.2) is 24.3 Å². The smallest absolute Gasteiger partial charge is 0.873 e. The molecule has 0 N–H and O–H groups in total. The molecule has 0 fully saturated rings. The molecular weight excluding hydrogens is 359 g/mol. The molecule has 0 spiro atoms. The van der Waals surface area contributed by atoms with E-state index in [0.29, 0.717) is 0 Å². The van der Waals surface area contributed by atoms with Gasteiger partial charge in [0.25, 0.3) is 0 Å². The van der Waals surface area contributed by atoms with Gasteiger partial charge in [0.05, 0.1) is 8.07 Å². The van der Waals surface area contributed by atoms with Crippen molar-refractivity contribution in [3.8, 4) is 11.5 Å². The van der Waals surface area contributed by atoms with Gasteiger partial charge in [-0.3, -0.25) is 0 Å². The van der Waals surface area contributed by atoms with E-state index >= 15 is 0 Å². The van der Waals surface area contributed by atoms with Gasteiger partial charge in [-0.15, -0.1) is 11.5 Å². The van der Waals surface area contributed by atoms with Gasteiger partial charge in [0, 0.05) is 0 Å². The summed E-state index contributed by atoms with van der Waals surface area (Å²) in [5, 5.41) is 25.4. The van der Waals surface area contributed by atoms with Crippen LogP contribution in [-0.2, 0) is 29.0 Å². The topological polar surface area (TPSA) is 46.1 Å². The minimum atomic E-state index is -1.27. The summed E-state index contributed by atoms with van der Waals surface area (Å²) in [5.74, 6) is -0.774. The van der Waals surface area contributed by atoms with E-state index < -0.39 is 13.8 Å². The van der Waals surface area contributed by atoms with E-state index in [9.17, 15) is 10.2 Å². The van der Waals surface area contributed by atoms with Crippen LogP contribution < -0.4 is 10.2 Å². The van der Waals surface area contributed by atoms with Crippen LogP contribution in [0.2, 0.25) is 18.1 Å². The van der Waals surface area contributed by atoms with Crippen LogP contribution in [0.5, 0.6) is 11.5 Å². The molecule has 0 saturated carbocycles. The van der Waals surface area contributed by atoms with Crippen molar-refractivity contribution in [2.24, 2.45) is 0 Å². The van der Waals surface area contributed by atoms with Crippen molar-refractivity contribution in [2.75, 3.05) is 0 Å². The van der Waals surface area contributed by atoms with Gasteiger partial charge in [0.1, 0.15) is 0 Å². The fourth-order valence-corrected chi connectivity index (χ4v) is 7.07. The Hall–Kier alpha value is -0.990. The Labute approximate surface area is 157 Å². The van der Waals surface area contributed by atoms with Crippen molar-refractivity contribution >= 4 is 18.8 Å². The molecule has 0 atom stereocenters. The Morgan fingerprint density at radius 2 is 1.46 bits per heavy atom. The first kappa shape index (κ1) is 21.1. The Bertz CT molecular complexity index is 673. The largest absolute Gasteiger partial charge is 2.00 e. The van der Waals surface area contributed by atoms with E-state index in [1.165, 1.54) is 41.4 Å². The van der Waals surface area contributed by atoms with Crippen LogP contribution in [0.3, 0.4) is 0 Å². The molecule has 2 nitrogen and oxygen atoms in total. The van der Waals surface area contributed by atoms with Crippen LogP contribution in [0.1, 0.15) is 45.2 Å². The number of rotatable bonds is 7. The normalized spacial score (nSPS) is 11.5. The van der Waals surface area contributed by atoms with Crippen LogP contribution >= 0.6 is 0 Å². The summed E-state index contributed by atoms with van der Waals surface area (Å²) < 4.78 is 0. The number of aryl methyl sites for hydroxylation is 1. The average Bonchev–Trinajstić information content (AvgIpc) is 2.56. The third-order valence-electron chi connectivity index (χ3n) is 5.61. The molecule has 0 bridgehead atoms. The molecule has 0 unspecified atom stereocenters. The second kappa shape index (κ2) is 8.92. The van der Waals surface area contributed by atoms with E-state index in [-0.39, 0.29) is 22.2 Å². The summed E-state index contributed by atoms with van der Waals surface area (Å²) in [6, 6.07) is 12.4. The van der Waals surface area contributed by atoms with Crippen molar-refractivity contribution in [3.05, 3.63) is 35.4 Å². The molecule has 0 aromatic heterocycles. The molecule has 2 aromatic rings. The Kier molecular flexibility index (Phi) is 7.82. The maximum Gasteiger partial charge on any atom is 2.00 e. The molecule has 134 valence electrons. The van der Waals surface area contributed by atoms with Gasteiger partial charge in [-0.25, -0.2) is 0 Å². The van der Waals surface area contributed by atoms with Crippen molar-refractivity contribution in [3.63, 3.8) is 0 Å². The van der Waals surface area contributed by atoms with Gasteiger partial charge in [0.2, 0.25) is 0 Å². The maximum atomic E-state index is 11.9. The summed E-state index contributed by atoms with van der Waals surface area (Å²) in [6.07, 6.45) is 2.03. The summed E-state index contributed by atoms with van der Waals surface area (Å²) in [6.45, 7) is 9.17. The van der Waals surface area contributed by atoms with Gasteiger partial charge in [-0.1, -0.05) is 76.5 Å². The molecule has 2 aromatic carbocycles. The van der Waals surface area contributed by atoms with E-state index in [2.05, 4.69) is 33.8 Å². The van der Waals surface area contributed by atoms with Gasteiger partial charge < -0.3 is 10.2 Å². The molecular formula is C20H28NiO2Si. The Balaban J connectivity index is 0.00000288. The van der Waals surface area contributed by atoms with Gasteiger partial charge in [-0.2, -0.15) is 0 Å². The zero-order valence-electron chi connectivity index (χ0n) is 15.2. The number of hydrogen-bond acceptors (Lipinski definition) is 2. The molecule has 0 radical (unpaired) electrons. The summed E-state index contributed by atoms with van der Waals surface area (Å²) in [4.78, 5) is 0. The third-order valence-corrected chi connectivity index (χ3v) is 11.2. The predicted octanol–water partition coefficient (Wildman–Crippen LogP) is 4.53. The number of hydrogen-bond donors (Lipinski definition) is 0. The molecule has 2 rings (SSSR count). The van der Waals surface area contributed by atoms with Crippen LogP contribution in [-0.4, -0.2) is 8.07 Å². The first-order valence-electron chi connectivity index (χ1n) is 8.92. The molecule has 0 aliphatic rings. The Morgan fingerprint density at radius 3 is 2.00 bits per heavy atom. The molecule has 0 saturated heterocycles. The van der Waals surface area contributed by atoms with Crippen LogP contribution in [0.25, 0.3) is 10.8 Å². The maximum absolute atomic E-state index is 11.9. The summed E-state index contributed by atoms with van der Waals surface area (Å²) in [5.41, 5.74) is 2.71. The molecule has 24 heavy (non-hydrogen) atoms. The van der Waals surface area contributed by atoms with E-state index in [1.54, 1.807) is 6.07 Å². The van der Waals surface area contributed by atoms with Gasteiger partial charge >= 0.3 is 16.5 Å². The van der Waals surface area contributed by atoms with E-state index in [1.807, 2.05) is 6.07 Å². The monoisotopic (exact) mass is 386 g/mol. The number of fused-ring (bicyclic) bond motifs is 1. The van der Waals surface area contributed by atoms with Gasteiger partial charge in [-0.05, 0) is 34.4 Å². The molecule has 4 heteroatoms. The summed E-state index contributed by atoms with van der Waals surface area (Å²) in [7, 11) is -1.27.